The molecule has 7 heteroatoms. The Labute approximate surface area is 146 Å². The van der Waals surface area contributed by atoms with Crippen molar-refractivity contribution in [2.75, 3.05) is 6.54 Å². The maximum Gasteiger partial charge on any atom is 0.140 e. The molecule has 0 atom stereocenters. The number of hydrogen-bond acceptors (Lipinski definition) is 4. The highest BCUT2D eigenvalue weighted by Crippen LogP contribution is 2.25. The quantitative estimate of drug-likeness (QED) is 0.394. The Morgan fingerprint density at radius 2 is 2.24 bits per heavy atom. The number of halogens is 1. The second kappa shape index (κ2) is 7.29. The minimum absolute atomic E-state index is 0.268. The average Bonchev–Trinajstić information content (AvgIpc) is 3.06. The number of aromatic nitrogens is 2. The molecule has 0 bridgehead atoms. The second-order valence-corrected chi connectivity index (χ2v) is 5.92. The van der Waals surface area contributed by atoms with Crippen LogP contribution in [0.4, 0.5) is 4.39 Å². The molecule has 2 aromatic rings. The summed E-state index contributed by atoms with van der Waals surface area (Å²) in [7, 11) is 0. The first kappa shape index (κ1) is 16.9. The third-order valence-electron chi connectivity index (χ3n) is 4.26. The van der Waals surface area contributed by atoms with Crippen LogP contribution in [0.3, 0.4) is 0 Å². The number of hydrogen-bond donors (Lipinski definition) is 1. The number of hydrazone groups is 1. The number of benzene rings is 1. The Morgan fingerprint density at radius 1 is 1.40 bits per heavy atom. The number of rotatable bonds is 5. The first-order valence-electron chi connectivity index (χ1n) is 8.14. The van der Waals surface area contributed by atoms with E-state index in [0.717, 1.165) is 29.1 Å². The lowest BCUT2D eigenvalue weighted by Gasteiger charge is -2.23. The molecule has 1 aliphatic heterocycles. The van der Waals surface area contributed by atoms with Crippen LogP contribution in [0.5, 0.6) is 0 Å². The SMILES string of the molecule is CCC1=C(Cn2ccnc2-c2cc(F)ccc2C)N=CN(/C=N\N)C1. The first-order valence-corrected chi connectivity index (χ1v) is 8.14. The van der Waals surface area contributed by atoms with Crippen LogP contribution in [0.25, 0.3) is 11.4 Å². The fraction of sp³-hybridized carbons (Fsp3) is 0.278. The van der Waals surface area contributed by atoms with E-state index in [9.17, 15) is 4.39 Å². The van der Waals surface area contributed by atoms with Crippen molar-refractivity contribution in [3.63, 3.8) is 0 Å². The second-order valence-electron chi connectivity index (χ2n) is 5.92. The Balaban J connectivity index is 1.91. The number of aliphatic imine (C=N–C) groups is 1. The van der Waals surface area contributed by atoms with Crippen LogP contribution in [-0.4, -0.2) is 33.7 Å². The minimum Gasteiger partial charge on any atom is -0.325 e. The van der Waals surface area contributed by atoms with Gasteiger partial charge in [-0.25, -0.2) is 14.4 Å². The van der Waals surface area contributed by atoms with Crippen molar-refractivity contribution in [1.82, 2.24) is 14.5 Å². The Kier molecular flexibility index (Phi) is 4.92. The van der Waals surface area contributed by atoms with Crippen LogP contribution in [0, 0.1) is 12.7 Å². The zero-order valence-electron chi connectivity index (χ0n) is 14.4. The smallest absolute Gasteiger partial charge is 0.140 e. The van der Waals surface area contributed by atoms with Crippen molar-refractivity contribution in [3.8, 4) is 11.4 Å². The van der Waals surface area contributed by atoms with Gasteiger partial charge in [-0.1, -0.05) is 13.0 Å². The fourth-order valence-electron chi connectivity index (χ4n) is 2.89. The lowest BCUT2D eigenvalue weighted by molar-refractivity contribution is 0.626. The number of imidazole rings is 1. The van der Waals surface area contributed by atoms with Crippen molar-refractivity contribution in [3.05, 3.63) is 53.2 Å². The highest BCUT2D eigenvalue weighted by molar-refractivity contribution is 5.77. The molecular formula is C18H21FN6. The van der Waals surface area contributed by atoms with Gasteiger partial charge in [0.2, 0.25) is 0 Å². The number of nitrogens with two attached hydrogens (primary N) is 1. The van der Waals surface area contributed by atoms with E-state index in [2.05, 4.69) is 22.0 Å². The number of allylic oxidation sites excluding steroid dienone is 1. The Hall–Kier alpha value is -2.96. The summed E-state index contributed by atoms with van der Waals surface area (Å²) in [5, 5.41) is 3.54. The summed E-state index contributed by atoms with van der Waals surface area (Å²) in [6, 6.07) is 4.75. The van der Waals surface area contributed by atoms with Crippen LogP contribution in [0.1, 0.15) is 18.9 Å². The standard InChI is InChI=1S/C18H21FN6/c1-3-14-9-24(12-23-20)11-22-17(14)10-25-7-6-21-18(25)16-8-15(19)5-4-13(16)2/h4-8,11-12H,3,9-10,20H2,1-2H3/b23-12-. The van der Waals surface area contributed by atoms with Crippen molar-refractivity contribution in [1.29, 1.82) is 0 Å². The van der Waals surface area contributed by atoms with Gasteiger partial charge in [0.15, 0.2) is 0 Å². The van der Waals surface area contributed by atoms with Gasteiger partial charge in [0, 0.05) is 24.5 Å². The monoisotopic (exact) mass is 340 g/mol. The van der Waals surface area contributed by atoms with Crippen LogP contribution < -0.4 is 5.84 Å². The summed E-state index contributed by atoms with van der Waals surface area (Å²) in [6.07, 6.45) is 7.77. The summed E-state index contributed by atoms with van der Waals surface area (Å²) >= 11 is 0. The predicted octanol–water partition coefficient (Wildman–Crippen LogP) is 2.91. The van der Waals surface area contributed by atoms with Gasteiger partial charge < -0.3 is 15.3 Å². The molecule has 0 aliphatic carbocycles. The van der Waals surface area contributed by atoms with Crippen molar-refractivity contribution >= 4 is 12.7 Å². The molecule has 1 aromatic heterocycles. The molecule has 0 saturated carbocycles. The summed E-state index contributed by atoms with van der Waals surface area (Å²) in [5.41, 5.74) is 3.96. The molecule has 6 nitrogen and oxygen atoms in total. The minimum atomic E-state index is -0.268. The van der Waals surface area contributed by atoms with E-state index in [-0.39, 0.29) is 5.82 Å². The van der Waals surface area contributed by atoms with Crippen molar-refractivity contribution in [2.45, 2.75) is 26.8 Å². The highest BCUT2D eigenvalue weighted by Gasteiger charge is 2.16. The lowest BCUT2D eigenvalue weighted by atomic mass is 10.1. The maximum atomic E-state index is 13.7. The fourth-order valence-corrected chi connectivity index (χ4v) is 2.89. The molecule has 0 fully saturated rings. The molecule has 0 spiro atoms. The van der Waals surface area contributed by atoms with E-state index >= 15 is 0 Å². The molecule has 0 amide bonds. The molecule has 25 heavy (non-hydrogen) atoms. The van der Waals surface area contributed by atoms with E-state index in [1.54, 1.807) is 24.9 Å². The molecule has 0 radical (unpaired) electrons. The van der Waals surface area contributed by atoms with Crippen molar-refractivity contribution in [2.24, 2.45) is 15.9 Å². The first-order chi connectivity index (χ1) is 12.1. The van der Waals surface area contributed by atoms with Crippen molar-refractivity contribution < 1.29 is 4.39 Å². The molecule has 2 N–H and O–H groups in total. The van der Waals surface area contributed by atoms with Crippen LogP contribution >= 0.6 is 0 Å². The van der Waals surface area contributed by atoms with Gasteiger partial charge in [-0.2, -0.15) is 5.10 Å². The molecule has 130 valence electrons. The summed E-state index contributed by atoms with van der Waals surface area (Å²) in [5.74, 6) is 5.68. The summed E-state index contributed by atoms with van der Waals surface area (Å²) < 4.78 is 15.7. The normalized spacial score (nSPS) is 14.8. The van der Waals surface area contributed by atoms with E-state index < -0.39 is 0 Å². The summed E-state index contributed by atoms with van der Waals surface area (Å²) in [4.78, 5) is 10.8. The van der Waals surface area contributed by atoms with Crippen LogP contribution in [-0.2, 0) is 6.54 Å². The number of aryl methyl sites for hydroxylation is 1. The lowest BCUT2D eigenvalue weighted by Crippen LogP contribution is -2.27. The molecule has 0 unspecified atom stereocenters. The zero-order valence-corrected chi connectivity index (χ0v) is 14.4. The van der Waals surface area contributed by atoms with E-state index in [0.29, 0.717) is 13.1 Å². The van der Waals surface area contributed by atoms with Gasteiger partial charge in [-0.05, 0) is 36.6 Å². The molecule has 3 rings (SSSR count). The van der Waals surface area contributed by atoms with Gasteiger partial charge in [0.1, 0.15) is 18.0 Å². The number of nitrogens with zero attached hydrogens (tertiary/aromatic N) is 5. The van der Waals surface area contributed by atoms with E-state index in [4.69, 9.17) is 5.84 Å². The molecule has 2 heterocycles. The van der Waals surface area contributed by atoms with E-state index in [1.807, 2.05) is 22.6 Å². The van der Waals surface area contributed by atoms with Crippen LogP contribution in [0.2, 0.25) is 0 Å². The topological polar surface area (TPSA) is 71.8 Å². The largest absolute Gasteiger partial charge is 0.325 e. The zero-order chi connectivity index (χ0) is 17.8. The average molecular weight is 340 g/mol. The van der Waals surface area contributed by atoms with Crippen LogP contribution in [0.15, 0.2) is 52.0 Å². The third kappa shape index (κ3) is 3.60. The predicted molar refractivity (Wildman–Crippen MR) is 97.6 cm³/mol. The molecule has 1 aromatic carbocycles. The van der Waals surface area contributed by atoms with Gasteiger partial charge in [0.05, 0.1) is 18.6 Å². The highest BCUT2D eigenvalue weighted by atomic mass is 19.1. The van der Waals surface area contributed by atoms with Gasteiger partial charge in [-0.3, -0.25) is 0 Å². The van der Waals surface area contributed by atoms with E-state index in [1.165, 1.54) is 17.7 Å². The van der Waals surface area contributed by atoms with Gasteiger partial charge >= 0.3 is 0 Å². The molecule has 1 aliphatic rings. The summed E-state index contributed by atoms with van der Waals surface area (Å²) in [6.45, 7) is 5.34. The Bertz CT molecular complexity index is 849. The van der Waals surface area contributed by atoms with Gasteiger partial charge in [-0.15, -0.1) is 0 Å². The molecular weight excluding hydrogens is 319 g/mol. The van der Waals surface area contributed by atoms with Gasteiger partial charge in [0.25, 0.3) is 0 Å². The third-order valence-corrected chi connectivity index (χ3v) is 4.26. The maximum absolute atomic E-state index is 13.7. The molecule has 0 saturated heterocycles. The Morgan fingerprint density at radius 3 is 3.00 bits per heavy atom.